The molecule has 2 heteroatoms. The van der Waals surface area contributed by atoms with Crippen LogP contribution in [0, 0.1) is 0 Å². The van der Waals surface area contributed by atoms with Gasteiger partial charge >= 0.3 is 0 Å². The quantitative estimate of drug-likeness (QED) is 0.822. The summed E-state index contributed by atoms with van der Waals surface area (Å²) in [4.78, 5) is 0. The fraction of sp³-hybridized carbons (Fsp3) is 0.571. The third-order valence-electron chi connectivity index (χ3n) is 3.48. The lowest BCUT2D eigenvalue weighted by Crippen LogP contribution is -2.46. The van der Waals surface area contributed by atoms with Gasteiger partial charge in [-0.25, -0.2) is 0 Å². The normalized spacial score (nSPS) is 26.1. The molecule has 16 heavy (non-hydrogen) atoms. The summed E-state index contributed by atoms with van der Waals surface area (Å²) in [7, 11) is 1.80. The highest BCUT2D eigenvalue weighted by molar-refractivity contribution is 5.19. The van der Waals surface area contributed by atoms with Gasteiger partial charge in [0.05, 0.1) is 6.10 Å². The predicted octanol–water partition coefficient (Wildman–Crippen LogP) is 2.90. The van der Waals surface area contributed by atoms with Gasteiger partial charge in [-0.1, -0.05) is 37.3 Å². The number of benzene rings is 1. The Kier molecular flexibility index (Phi) is 3.97. The first-order valence-electron chi connectivity index (χ1n) is 6.17. The Hall–Kier alpha value is -0.860. The maximum atomic E-state index is 5.30. The summed E-state index contributed by atoms with van der Waals surface area (Å²) >= 11 is 0. The molecule has 0 aliphatic heterocycles. The molecule has 0 saturated heterocycles. The van der Waals surface area contributed by atoms with Gasteiger partial charge in [0.1, 0.15) is 0 Å². The van der Waals surface area contributed by atoms with Crippen molar-refractivity contribution in [3.05, 3.63) is 35.9 Å². The number of hydrogen-bond donors (Lipinski definition) is 1. The van der Waals surface area contributed by atoms with Gasteiger partial charge in [0.2, 0.25) is 0 Å². The van der Waals surface area contributed by atoms with Crippen molar-refractivity contribution in [2.24, 2.45) is 0 Å². The van der Waals surface area contributed by atoms with Crippen molar-refractivity contribution in [1.82, 2.24) is 5.32 Å². The van der Waals surface area contributed by atoms with Crippen molar-refractivity contribution in [2.45, 2.75) is 44.4 Å². The molecule has 1 fully saturated rings. The van der Waals surface area contributed by atoms with Crippen molar-refractivity contribution in [1.29, 1.82) is 0 Å². The number of methoxy groups -OCH3 is 1. The summed E-state index contributed by atoms with van der Waals surface area (Å²) < 4.78 is 5.30. The van der Waals surface area contributed by atoms with Crippen molar-refractivity contribution in [3.63, 3.8) is 0 Å². The molecule has 2 nitrogen and oxygen atoms in total. The summed E-state index contributed by atoms with van der Waals surface area (Å²) in [6.45, 7) is 2.23. The number of ether oxygens (including phenoxy) is 1. The molecular weight excluding hydrogens is 198 g/mol. The van der Waals surface area contributed by atoms with E-state index in [0.29, 0.717) is 18.2 Å². The second kappa shape index (κ2) is 5.46. The van der Waals surface area contributed by atoms with Gasteiger partial charge < -0.3 is 10.1 Å². The molecule has 1 aliphatic rings. The number of hydrogen-bond acceptors (Lipinski definition) is 2. The topological polar surface area (TPSA) is 21.3 Å². The SMILES string of the molecule is CCC(NC1CC(OC)C1)c1ccccc1. The molecule has 1 aliphatic carbocycles. The van der Waals surface area contributed by atoms with Crippen LogP contribution in [-0.4, -0.2) is 19.3 Å². The first-order valence-corrected chi connectivity index (χ1v) is 6.17. The van der Waals surface area contributed by atoms with Crippen LogP contribution >= 0.6 is 0 Å². The maximum absolute atomic E-state index is 5.30. The Bertz CT molecular complexity index is 306. The highest BCUT2D eigenvalue weighted by Gasteiger charge is 2.30. The highest BCUT2D eigenvalue weighted by Crippen LogP contribution is 2.26. The minimum absolute atomic E-state index is 0.478. The first kappa shape index (κ1) is 11.6. The second-order valence-electron chi connectivity index (χ2n) is 4.56. The van der Waals surface area contributed by atoms with Crippen molar-refractivity contribution < 1.29 is 4.74 Å². The van der Waals surface area contributed by atoms with Gasteiger partial charge in [0.15, 0.2) is 0 Å². The van der Waals surface area contributed by atoms with Crippen molar-refractivity contribution >= 4 is 0 Å². The van der Waals surface area contributed by atoms with E-state index in [4.69, 9.17) is 4.74 Å². The molecule has 2 rings (SSSR count). The fourth-order valence-electron chi connectivity index (χ4n) is 2.31. The van der Waals surface area contributed by atoms with Gasteiger partial charge in [-0.15, -0.1) is 0 Å². The van der Waals surface area contributed by atoms with E-state index in [-0.39, 0.29) is 0 Å². The van der Waals surface area contributed by atoms with E-state index < -0.39 is 0 Å². The van der Waals surface area contributed by atoms with Crippen LogP contribution in [0.5, 0.6) is 0 Å². The molecular formula is C14H21NO. The van der Waals surface area contributed by atoms with Gasteiger partial charge in [-0.05, 0) is 24.8 Å². The predicted molar refractivity (Wildman–Crippen MR) is 66.4 cm³/mol. The van der Waals surface area contributed by atoms with E-state index in [9.17, 15) is 0 Å². The van der Waals surface area contributed by atoms with E-state index in [2.05, 4.69) is 42.6 Å². The zero-order chi connectivity index (χ0) is 11.4. The number of rotatable bonds is 5. The molecule has 88 valence electrons. The summed E-state index contributed by atoms with van der Waals surface area (Å²) in [5.41, 5.74) is 1.39. The van der Waals surface area contributed by atoms with Crippen molar-refractivity contribution in [2.75, 3.05) is 7.11 Å². The minimum Gasteiger partial charge on any atom is -0.381 e. The average molecular weight is 219 g/mol. The maximum Gasteiger partial charge on any atom is 0.0601 e. The Balaban J connectivity index is 1.87. The van der Waals surface area contributed by atoms with Crippen molar-refractivity contribution in [3.8, 4) is 0 Å². The molecule has 0 spiro atoms. The first-order chi connectivity index (χ1) is 7.83. The van der Waals surface area contributed by atoms with Crippen LogP contribution in [-0.2, 0) is 4.74 Å². The van der Waals surface area contributed by atoms with E-state index >= 15 is 0 Å². The van der Waals surface area contributed by atoms with Crippen LogP contribution in [0.15, 0.2) is 30.3 Å². The standard InChI is InChI=1S/C14H21NO/c1-3-14(11-7-5-4-6-8-11)15-12-9-13(10-12)16-2/h4-8,12-15H,3,9-10H2,1-2H3. The minimum atomic E-state index is 0.478. The van der Waals surface area contributed by atoms with E-state index in [1.54, 1.807) is 7.11 Å². The van der Waals surface area contributed by atoms with E-state index in [1.807, 2.05) is 0 Å². The average Bonchev–Trinajstić information content (AvgIpc) is 2.29. The fourth-order valence-corrected chi connectivity index (χ4v) is 2.31. The second-order valence-corrected chi connectivity index (χ2v) is 4.56. The summed E-state index contributed by atoms with van der Waals surface area (Å²) in [5.74, 6) is 0. The van der Waals surface area contributed by atoms with Gasteiger partial charge in [0, 0.05) is 19.2 Å². The van der Waals surface area contributed by atoms with Crippen LogP contribution in [0.3, 0.4) is 0 Å². The third-order valence-corrected chi connectivity index (χ3v) is 3.48. The molecule has 1 aromatic rings. The molecule has 0 amide bonds. The Labute approximate surface area is 98.0 Å². The van der Waals surface area contributed by atoms with Crippen LogP contribution in [0.25, 0.3) is 0 Å². The van der Waals surface area contributed by atoms with Gasteiger partial charge in [0.25, 0.3) is 0 Å². The molecule has 0 bridgehead atoms. The van der Waals surface area contributed by atoms with E-state index in [1.165, 1.54) is 5.56 Å². The lowest BCUT2D eigenvalue weighted by Gasteiger charge is -2.37. The molecule has 1 saturated carbocycles. The lowest BCUT2D eigenvalue weighted by atomic mass is 9.87. The zero-order valence-electron chi connectivity index (χ0n) is 10.1. The number of nitrogens with one attached hydrogen (secondary N) is 1. The molecule has 0 heterocycles. The highest BCUT2D eigenvalue weighted by atomic mass is 16.5. The Morgan fingerprint density at radius 2 is 2.00 bits per heavy atom. The van der Waals surface area contributed by atoms with Crippen LogP contribution < -0.4 is 5.32 Å². The molecule has 1 aromatic carbocycles. The van der Waals surface area contributed by atoms with Crippen LogP contribution in [0.4, 0.5) is 0 Å². The van der Waals surface area contributed by atoms with Crippen LogP contribution in [0.2, 0.25) is 0 Å². The smallest absolute Gasteiger partial charge is 0.0601 e. The molecule has 1 atom stereocenters. The lowest BCUT2D eigenvalue weighted by molar-refractivity contribution is 0.0139. The van der Waals surface area contributed by atoms with E-state index in [0.717, 1.165) is 19.3 Å². The van der Waals surface area contributed by atoms with Gasteiger partial charge in [-0.3, -0.25) is 0 Å². The van der Waals surface area contributed by atoms with Crippen LogP contribution in [0.1, 0.15) is 37.8 Å². The summed E-state index contributed by atoms with van der Waals surface area (Å²) in [6, 6.07) is 11.8. The zero-order valence-corrected chi connectivity index (χ0v) is 10.1. The van der Waals surface area contributed by atoms with Gasteiger partial charge in [-0.2, -0.15) is 0 Å². The molecule has 0 aromatic heterocycles. The summed E-state index contributed by atoms with van der Waals surface area (Å²) in [6.07, 6.45) is 3.92. The molecule has 1 N–H and O–H groups in total. The molecule has 0 radical (unpaired) electrons. The largest absolute Gasteiger partial charge is 0.381 e. The monoisotopic (exact) mass is 219 g/mol. The molecule has 1 unspecified atom stereocenters. The summed E-state index contributed by atoms with van der Waals surface area (Å²) in [5, 5.41) is 3.70. The Morgan fingerprint density at radius 1 is 1.31 bits per heavy atom. The third kappa shape index (κ3) is 2.63. The Morgan fingerprint density at radius 3 is 2.56 bits per heavy atom.